The number of hydrogen-bond acceptors (Lipinski definition) is 5. The SMILES string of the molecule is Cc1nc(NCCOc2ccccc2C(C)(C)C)sc1C(=O)O. The monoisotopic (exact) mass is 334 g/mol. The summed E-state index contributed by atoms with van der Waals surface area (Å²) in [5.74, 6) is -0.0632. The van der Waals surface area contributed by atoms with Gasteiger partial charge in [-0.2, -0.15) is 0 Å². The number of benzene rings is 1. The second kappa shape index (κ2) is 7.00. The molecule has 0 saturated heterocycles. The first-order valence-electron chi connectivity index (χ1n) is 7.46. The smallest absolute Gasteiger partial charge is 0.347 e. The van der Waals surface area contributed by atoms with Crippen molar-refractivity contribution in [2.24, 2.45) is 0 Å². The van der Waals surface area contributed by atoms with Crippen LogP contribution in [-0.2, 0) is 5.41 Å². The molecule has 2 N–H and O–H groups in total. The Morgan fingerprint density at radius 2 is 2.04 bits per heavy atom. The van der Waals surface area contributed by atoms with Crippen LogP contribution in [0.25, 0.3) is 0 Å². The van der Waals surface area contributed by atoms with Gasteiger partial charge >= 0.3 is 5.97 Å². The van der Waals surface area contributed by atoms with Gasteiger partial charge in [-0.15, -0.1) is 0 Å². The molecule has 0 aliphatic carbocycles. The zero-order valence-electron chi connectivity index (χ0n) is 13.8. The number of thiazole rings is 1. The Morgan fingerprint density at radius 3 is 2.65 bits per heavy atom. The maximum Gasteiger partial charge on any atom is 0.347 e. The molecule has 5 nitrogen and oxygen atoms in total. The summed E-state index contributed by atoms with van der Waals surface area (Å²) >= 11 is 1.14. The number of nitrogens with one attached hydrogen (secondary N) is 1. The van der Waals surface area contributed by atoms with Crippen molar-refractivity contribution in [2.75, 3.05) is 18.5 Å². The van der Waals surface area contributed by atoms with Gasteiger partial charge in [-0.25, -0.2) is 9.78 Å². The largest absolute Gasteiger partial charge is 0.491 e. The highest BCUT2D eigenvalue weighted by atomic mass is 32.1. The van der Waals surface area contributed by atoms with E-state index in [9.17, 15) is 4.79 Å². The third kappa shape index (κ3) is 4.45. The first-order valence-corrected chi connectivity index (χ1v) is 8.27. The van der Waals surface area contributed by atoms with Crippen LogP contribution in [0.2, 0.25) is 0 Å². The summed E-state index contributed by atoms with van der Waals surface area (Å²) < 4.78 is 5.87. The van der Waals surface area contributed by atoms with E-state index in [0.29, 0.717) is 24.0 Å². The Balaban J connectivity index is 1.92. The lowest BCUT2D eigenvalue weighted by Crippen LogP contribution is -2.16. The number of carboxylic acids is 1. The average molecular weight is 334 g/mol. The van der Waals surface area contributed by atoms with Crippen LogP contribution in [0.4, 0.5) is 5.13 Å². The minimum Gasteiger partial charge on any atom is -0.491 e. The van der Waals surface area contributed by atoms with Crippen molar-refractivity contribution in [1.82, 2.24) is 4.98 Å². The van der Waals surface area contributed by atoms with Crippen molar-refractivity contribution in [3.63, 3.8) is 0 Å². The first kappa shape index (κ1) is 17.3. The quantitative estimate of drug-likeness (QED) is 0.783. The van der Waals surface area contributed by atoms with Crippen molar-refractivity contribution in [3.8, 4) is 5.75 Å². The van der Waals surface area contributed by atoms with Gasteiger partial charge in [0.2, 0.25) is 0 Å². The molecule has 1 aromatic heterocycles. The maximum absolute atomic E-state index is 11.0. The topological polar surface area (TPSA) is 71.5 Å². The minimum absolute atomic E-state index is 0.0207. The van der Waals surface area contributed by atoms with Gasteiger partial charge in [-0.05, 0) is 24.0 Å². The Bertz CT molecular complexity index is 689. The molecule has 0 fully saturated rings. The van der Waals surface area contributed by atoms with Crippen LogP contribution in [0.5, 0.6) is 5.75 Å². The van der Waals surface area contributed by atoms with E-state index in [-0.39, 0.29) is 10.3 Å². The molecule has 0 aliphatic heterocycles. The van der Waals surface area contributed by atoms with Crippen LogP contribution in [-0.4, -0.2) is 29.2 Å². The van der Waals surface area contributed by atoms with Crippen molar-refractivity contribution < 1.29 is 14.6 Å². The average Bonchev–Trinajstić information content (AvgIpc) is 2.84. The molecule has 23 heavy (non-hydrogen) atoms. The number of aryl methyl sites for hydroxylation is 1. The number of ether oxygens (including phenoxy) is 1. The van der Waals surface area contributed by atoms with Crippen molar-refractivity contribution in [1.29, 1.82) is 0 Å². The fourth-order valence-electron chi connectivity index (χ4n) is 2.20. The van der Waals surface area contributed by atoms with Gasteiger partial charge < -0.3 is 15.2 Å². The van der Waals surface area contributed by atoms with Crippen LogP contribution >= 0.6 is 11.3 Å². The standard InChI is InChI=1S/C17H22N2O3S/c1-11-14(15(20)21)23-16(19-11)18-9-10-22-13-8-6-5-7-12(13)17(2,3)4/h5-8H,9-10H2,1-4H3,(H,18,19)(H,20,21). The van der Waals surface area contributed by atoms with E-state index in [1.54, 1.807) is 6.92 Å². The minimum atomic E-state index is -0.941. The van der Waals surface area contributed by atoms with Gasteiger partial charge in [0.25, 0.3) is 0 Å². The highest BCUT2D eigenvalue weighted by Crippen LogP contribution is 2.30. The van der Waals surface area contributed by atoms with Gasteiger partial charge in [-0.3, -0.25) is 0 Å². The third-order valence-corrected chi connectivity index (χ3v) is 4.42. The van der Waals surface area contributed by atoms with Gasteiger partial charge in [0.15, 0.2) is 5.13 Å². The molecule has 0 atom stereocenters. The molecule has 2 rings (SSSR count). The number of para-hydroxylation sites is 1. The zero-order chi connectivity index (χ0) is 17.0. The molecule has 0 aliphatic rings. The number of carbonyl (C=O) groups is 1. The number of carboxylic acid groups (broad SMARTS) is 1. The number of nitrogens with zero attached hydrogens (tertiary/aromatic N) is 1. The summed E-state index contributed by atoms with van der Waals surface area (Å²) in [6.45, 7) is 9.19. The van der Waals surface area contributed by atoms with Crippen molar-refractivity contribution in [3.05, 3.63) is 40.4 Å². The summed E-state index contributed by atoms with van der Waals surface area (Å²) in [7, 11) is 0. The molecular weight excluding hydrogens is 312 g/mol. The summed E-state index contributed by atoms with van der Waals surface area (Å²) in [5, 5.41) is 12.7. The molecule has 1 aromatic carbocycles. The number of rotatable bonds is 6. The van der Waals surface area contributed by atoms with E-state index in [0.717, 1.165) is 17.1 Å². The van der Waals surface area contributed by atoms with Crippen LogP contribution in [0, 0.1) is 6.92 Å². The lowest BCUT2D eigenvalue weighted by molar-refractivity contribution is 0.0701. The summed E-state index contributed by atoms with van der Waals surface area (Å²) in [5.41, 5.74) is 1.72. The second-order valence-electron chi connectivity index (χ2n) is 6.26. The van der Waals surface area contributed by atoms with Gasteiger partial charge in [0.05, 0.1) is 12.2 Å². The highest BCUT2D eigenvalue weighted by Gasteiger charge is 2.18. The fraction of sp³-hybridized carbons (Fsp3) is 0.412. The van der Waals surface area contributed by atoms with Crippen molar-refractivity contribution >= 4 is 22.4 Å². The molecule has 0 amide bonds. The molecule has 0 bridgehead atoms. The number of aromatic nitrogens is 1. The predicted octanol–water partition coefficient (Wildman–Crippen LogP) is 3.94. The van der Waals surface area contributed by atoms with Crippen LogP contribution in [0.15, 0.2) is 24.3 Å². The molecule has 6 heteroatoms. The van der Waals surface area contributed by atoms with E-state index < -0.39 is 5.97 Å². The Hall–Kier alpha value is -2.08. The predicted molar refractivity (Wildman–Crippen MR) is 92.9 cm³/mol. The number of anilines is 1. The summed E-state index contributed by atoms with van der Waals surface area (Å²) in [6.07, 6.45) is 0. The lowest BCUT2D eigenvalue weighted by Gasteiger charge is -2.22. The number of aromatic carboxylic acids is 1. The van der Waals surface area contributed by atoms with E-state index >= 15 is 0 Å². The van der Waals surface area contributed by atoms with E-state index in [1.165, 1.54) is 5.56 Å². The Morgan fingerprint density at radius 1 is 1.35 bits per heavy atom. The normalized spacial score (nSPS) is 11.3. The maximum atomic E-state index is 11.0. The molecule has 2 aromatic rings. The molecule has 0 spiro atoms. The third-order valence-electron chi connectivity index (χ3n) is 3.32. The molecule has 124 valence electrons. The lowest BCUT2D eigenvalue weighted by atomic mass is 9.86. The van der Waals surface area contributed by atoms with Gasteiger partial charge in [0, 0.05) is 0 Å². The van der Waals surface area contributed by atoms with Gasteiger partial charge in [-0.1, -0.05) is 50.3 Å². The number of hydrogen-bond donors (Lipinski definition) is 2. The van der Waals surface area contributed by atoms with Gasteiger partial charge in [0.1, 0.15) is 17.2 Å². The zero-order valence-corrected chi connectivity index (χ0v) is 14.7. The second-order valence-corrected chi connectivity index (χ2v) is 7.26. The summed E-state index contributed by atoms with van der Waals surface area (Å²) in [4.78, 5) is 15.5. The highest BCUT2D eigenvalue weighted by molar-refractivity contribution is 7.17. The Kier molecular flexibility index (Phi) is 5.26. The fourth-order valence-corrected chi connectivity index (χ4v) is 3.03. The molecule has 1 heterocycles. The first-order chi connectivity index (χ1) is 10.8. The molecular formula is C17H22N2O3S. The molecule has 0 unspecified atom stereocenters. The van der Waals surface area contributed by atoms with E-state index in [2.05, 4.69) is 37.1 Å². The van der Waals surface area contributed by atoms with Crippen LogP contribution < -0.4 is 10.1 Å². The summed E-state index contributed by atoms with van der Waals surface area (Å²) in [6, 6.07) is 8.02. The van der Waals surface area contributed by atoms with E-state index in [1.807, 2.05) is 18.2 Å². The molecule has 0 radical (unpaired) electrons. The van der Waals surface area contributed by atoms with Crippen molar-refractivity contribution in [2.45, 2.75) is 33.1 Å². The van der Waals surface area contributed by atoms with Crippen LogP contribution in [0.3, 0.4) is 0 Å². The van der Waals surface area contributed by atoms with Crippen LogP contribution in [0.1, 0.15) is 41.7 Å². The van der Waals surface area contributed by atoms with E-state index in [4.69, 9.17) is 9.84 Å². The molecule has 0 saturated carbocycles. The Labute approximate surface area is 140 Å².